The molecule has 2 saturated heterocycles. The summed E-state index contributed by atoms with van der Waals surface area (Å²) >= 11 is 0. The molecule has 8 nitrogen and oxygen atoms in total. The second-order valence-electron chi connectivity index (χ2n) is 6.28. The van der Waals surface area contributed by atoms with Crippen LogP contribution in [0.15, 0.2) is 0 Å². The van der Waals surface area contributed by atoms with Crippen LogP contribution in [-0.4, -0.2) is 83.2 Å². The van der Waals surface area contributed by atoms with Crippen molar-refractivity contribution in [3.8, 4) is 0 Å². The van der Waals surface area contributed by atoms with E-state index in [0.717, 1.165) is 0 Å². The van der Waals surface area contributed by atoms with Crippen molar-refractivity contribution < 1.29 is 39.4 Å². The molecule has 2 fully saturated rings. The van der Waals surface area contributed by atoms with Crippen LogP contribution in [0.1, 0.15) is 13.8 Å². The van der Waals surface area contributed by atoms with Crippen molar-refractivity contribution in [2.45, 2.75) is 56.8 Å². The Morgan fingerprint density at radius 3 is 2.26 bits per heavy atom. The molecule has 0 aromatic carbocycles. The molecule has 0 aromatic rings. The first kappa shape index (κ1) is 19.0. The van der Waals surface area contributed by atoms with Gasteiger partial charge >= 0.3 is 0 Å². The lowest BCUT2D eigenvalue weighted by Crippen LogP contribution is -2.56. The molecule has 2 radical (unpaired) electrons. The van der Waals surface area contributed by atoms with E-state index in [1.807, 2.05) is 0 Å². The zero-order valence-corrected chi connectivity index (χ0v) is 13.3. The van der Waals surface area contributed by atoms with Gasteiger partial charge in [-0.15, -0.1) is 0 Å². The highest BCUT2D eigenvalue weighted by Gasteiger charge is 2.44. The number of aliphatic hydroxyl groups is 4. The molecule has 2 aliphatic rings. The molecule has 0 amide bonds. The molecule has 2 rings (SSSR count). The Morgan fingerprint density at radius 2 is 1.61 bits per heavy atom. The van der Waals surface area contributed by atoms with Gasteiger partial charge < -0.3 is 39.4 Å². The second kappa shape index (κ2) is 8.17. The summed E-state index contributed by atoms with van der Waals surface area (Å²) in [5.41, 5.74) is 0. The van der Waals surface area contributed by atoms with Crippen LogP contribution < -0.4 is 0 Å². The minimum absolute atomic E-state index is 0.0171. The summed E-state index contributed by atoms with van der Waals surface area (Å²) in [6.45, 7) is 3.41. The number of rotatable bonds is 5. The molecule has 2 heterocycles. The van der Waals surface area contributed by atoms with Gasteiger partial charge in [0.1, 0.15) is 13.2 Å². The maximum Gasteiger partial charge on any atom is 0.184 e. The molecule has 0 saturated carbocycles. The lowest BCUT2D eigenvalue weighted by molar-refractivity contribution is -0.294. The smallest absolute Gasteiger partial charge is 0.184 e. The van der Waals surface area contributed by atoms with Gasteiger partial charge in [0.15, 0.2) is 6.29 Å². The molecular formula is C15H26O8. The quantitative estimate of drug-likeness (QED) is 0.481. The third-order valence-corrected chi connectivity index (χ3v) is 4.67. The van der Waals surface area contributed by atoms with E-state index in [1.165, 1.54) is 0 Å². The van der Waals surface area contributed by atoms with Crippen molar-refractivity contribution in [2.24, 2.45) is 11.8 Å². The fourth-order valence-corrected chi connectivity index (χ4v) is 3.03. The van der Waals surface area contributed by atoms with Crippen LogP contribution in [0.4, 0.5) is 0 Å². The highest BCUT2D eigenvalue weighted by atomic mass is 16.7. The summed E-state index contributed by atoms with van der Waals surface area (Å²) in [7, 11) is 5.03. The summed E-state index contributed by atoms with van der Waals surface area (Å²) in [6, 6.07) is 0. The monoisotopic (exact) mass is 334 g/mol. The summed E-state index contributed by atoms with van der Waals surface area (Å²) in [5.74, 6) is -1.21. The summed E-state index contributed by atoms with van der Waals surface area (Å²) < 4.78 is 20.8. The predicted molar refractivity (Wildman–Crippen MR) is 77.0 cm³/mol. The molecule has 0 aromatic heterocycles. The van der Waals surface area contributed by atoms with Gasteiger partial charge in [0, 0.05) is 11.8 Å². The van der Waals surface area contributed by atoms with Gasteiger partial charge in [0.2, 0.25) is 0 Å². The van der Waals surface area contributed by atoms with E-state index in [2.05, 4.69) is 4.74 Å². The molecule has 4 N–H and O–H groups in total. The third-order valence-electron chi connectivity index (χ3n) is 4.67. The van der Waals surface area contributed by atoms with E-state index >= 15 is 0 Å². The zero-order chi connectivity index (χ0) is 17.1. The molecule has 0 aliphatic carbocycles. The molecule has 2 aliphatic heterocycles. The highest BCUT2D eigenvalue weighted by Crippen LogP contribution is 2.29. The maximum absolute atomic E-state index is 10.3. The molecule has 0 spiro atoms. The Bertz CT molecular complexity index is 367. The van der Waals surface area contributed by atoms with E-state index in [9.17, 15) is 20.4 Å². The highest BCUT2D eigenvalue weighted by molar-refractivity contribution is 4.89. The largest absolute Gasteiger partial charge is 0.390 e. The molecule has 8 heteroatoms. The Labute approximate surface area is 135 Å². The summed E-state index contributed by atoms with van der Waals surface area (Å²) in [6.07, 6.45) is -5.83. The van der Waals surface area contributed by atoms with Crippen molar-refractivity contribution in [1.29, 1.82) is 0 Å². The van der Waals surface area contributed by atoms with Gasteiger partial charge in [-0.25, -0.2) is 0 Å². The number of hydrogen-bond donors (Lipinski definition) is 4. The minimum atomic E-state index is -1.14. The van der Waals surface area contributed by atoms with Crippen molar-refractivity contribution in [1.82, 2.24) is 0 Å². The number of aliphatic hydroxyl groups excluding tert-OH is 4. The Balaban J connectivity index is 1.96. The summed E-state index contributed by atoms with van der Waals surface area (Å²) in [5, 5.41) is 40.3. The maximum atomic E-state index is 10.3. The van der Waals surface area contributed by atoms with Crippen LogP contribution >= 0.6 is 0 Å². The molecule has 4 unspecified atom stereocenters. The van der Waals surface area contributed by atoms with Crippen molar-refractivity contribution >= 4 is 0 Å². The van der Waals surface area contributed by atoms with Crippen LogP contribution in [0.2, 0.25) is 0 Å². The van der Waals surface area contributed by atoms with Crippen LogP contribution in [0.5, 0.6) is 0 Å². The second-order valence-corrected chi connectivity index (χ2v) is 6.28. The third kappa shape index (κ3) is 4.21. The SMILES string of the molecule is [CH]OC[C@@H]1C(O)[C@H](OC[C@@H]2C(O)COC(C)[C@H]2O)OC(C)[C@H]1O. The lowest BCUT2D eigenvalue weighted by atomic mass is 9.89. The van der Waals surface area contributed by atoms with E-state index < -0.39 is 54.7 Å². The van der Waals surface area contributed by atoms with Gasteiger partial charge in [0.25, 0.3) is 0 Å². The van der Waals surface area contributed by atoms with E-state index in [-0.39, 0.29) is 19.8 Å². The van der Waals surface area contributed by atoms with E-state index in [4.69, 9.17) is 21.3 Å². The first-order valence-corrected chi connectivity index (χ1v) is 7.79. The first-order chi connectivity index (χ1) is 10.9. The lowest BCUT2D eigenvalue weighted by Gasteiger charge is -2.42. The normalized spacial score (nSPS) is 48.4. The van der Waals surface area contributed by atoms with Gasteiger partial charge in [-0.2, -0.15) is 0 Å². The van der Waals surface area contributed by atoms with Gasteiger partial charge in [-0.3, -0.25) is 0 Å². The fraction of sp³-hybridized carbons (Fsp3) is 0.933. The fourth-order valence-electron chi connectivity index (χ4n) is 3.03. The van der Waals surface area contributed by atoms with Crippen LogP contribution in [0.25, 0.3) is 0 Å². The Hall–Kier alpha value is -0.320. The van der Waals surface area contributed by atoms with Crippen LogP contribution in [-0.2, 0) is 18.9 Å². The van der Waals surface area contributed by atoms with Crippen LogP contribution in [0, 0.1) is 18.9 Å². The molecule has 134 valence electrons. The first-order valence-electron chi connectivity index (χ1n) is 7.79. The van der Waals surface area contributed by atoms with Crippen molar-refractivity contribution in [3.05, 3.63) is 7.11 Å². The van der Waals surface area contributed by atoms with Crippen LogP contribution in [0.3, 0.4) is 0 Å². The Morgan fingerprint density at radius 1 is 0.957 bits per heavy atom. The molecule has 0 bridgehead atoms. The molecule has 9 atom stereocenters. The predicted octanol–water partition coefficient (Wildman–Crippen LogP) is -1.47. The molecular weight excluding hydrogens is 308 g/mol. The van der Waals surface area contributed by atoms with Gasteiger partial charge in [-0.05, 0) is 13.8 Å². The zero-order valence-electron chi connectivity index (χ0n) is 13.3. The standard InChI is InChI=1S/C15H26O8/c1-7-12(17)9(11(16)6-21-7)5-22-15-14(19)10(4-20-3)13(18)8(2)23-15/h3,7-19H,4-6H2,1-2H3/t7?,8?,9-,10+,11?,12-,13-,14?,15-/m1/s1. The van der Waals surface area contributed by atoms with Gasteiger partial charge in [0.05, 0.1) is 50.3 Å². The van der Waals surface area contributed by atoms with E-state index in [0.29, 0.717) is 0 Å². The number of hydrogen-bond acceptors (Lipinski definition) is 8. The molecule has 23 heavy (non-hydrogen) atoms. The summed E-state index contributed by atoms with van der Waals surface area (Å²) in [4.78, 5) is 0. The topological polar surface area (TPSA) is 118 Å². The Kier molecular flexibility index (Phi) is 6.76. The van der Waals surface area contributed by atoms with Gasteiger partial charge in [-0.1, -0.05) is 0 Å². The van der Waals surface area contributed by atoms with E-state index in [1.54, 1.807) is 13.8 Å². The van der Waals surface area contributed by atoms with Crippen molar-refractivity contribution in [3.63, 3.8) is 0 Å². The average molecular weight is 334 g/mol. The average Bonchev–Trinajstić information content (AvgIpc) is 2.52. The minimum Gasteiger partial charge on any atom is -0.390 e. The number of ether oxygens (including phenoxy) is 4. The van der Waals surface area contributed by atoms with Crippen molar-refractivity contribution in [2.75, 3.05) is 19.8 Å².